The number of aromatic nitrogens is 1. The van der Waals surface area contributed by atoms with Crippen molar-refractivity contribution in [2.24, 2.45) is 11.8 Å². The minimum Gasteiger partial charge on any atom is -0.450 e. The third kappa shape index (κ3) is 870. The molecule has 0 saturated heterocycles. The van der Waals surface area contributed by atoms with Crippen LogP contribution in [-0.2, 0) is 0 Å². The van der Waals surface area contributed by atoms with Crippen LogP contribution in [-0.4, -0.2) is 37.7 Å². The summed E-state index contributed by atoms with van der Waals surface area (Å²) in [5.41, 5.74) is 0. The van der Waals surface area contributed by atoms with Crippen LogP contribution in [0.3, 0.4) is 0 Å². The van der Waals surface area contributed by atoms with E-state index >= 15 is 0 Å². The minimum absolute atomic E-state index is 0. The van der Waals surface area contributed by atoms with Gasteiger partial charge in [0, 0.05) is 19.3 Å². The molecule has 0 aromatic carbocycles. The van der Waals surface area contributed by atoms with E-state index in [9.17, 15) is 0 Å². The second-order valence-corrected chi connectivity index (χ2v) is 5.28. The lowest BCUT2D eigenvalue weighted by Crippen LogP contribution is -1.81. The van der Waals surface area contributed by atoms with Crippen molar-refractivity contribution in [3.05, 3.63) is 30.6 Å². The molecule has 0 atom stereocenters. The standard InChI is InChI=1S/C5H5N.2C4H10.C2H3N.2CH2O3.H3N/c1-2-4-6-5-3-1;2*1-4(2)3;1-2-3;2*2-1(3)4;/h1-5H;2*4H,1-3H3;1H3;2*(H2,2,3,4);1H3. The van der Waals surface area contributed by atoms with Gasteiger partial charge in [-0.1, -0.05) is 47.6 Å². The molecule has 0 aliphatic rings. The highest BCUT2D eigenvalue weighted by atomic mass is 16.6. The summed E-state index contributed by atoms with van der Waals surface area (Å²) < 4.78 is 0. The molecular weight excluding hydrogens is 342 g/mol. The van der Waals surface area contributed by atoms with Crippen molar-refractivity contribution in [3.63, 3.8) is 0 Å². The van der Waals surface area contributed by atoms with E-state index in [0.717, 1.165) is 11.8 Å². The molecule has 0 spiro atoms. The Morgan fingerprint density at radius 2 is 0.962 bits per heavy atom. The highest BCUT2D eigenvalue weighted by Crippen LogP contribution is 1.81. The summed E-state index contributed by atoms with van der Waals surface area (Å²) in [4.78, 5) is 20.9. The molecule has 1 rings (SSSR count). The van der Waals surface area contributed by atoms with Gasteiger partial charge < -0.3 is 26.6 Å². The van der Waals surface area contributed by atoms with Crippen molar-refractivity contribution in [3.8, 4) is 6.07 Å². The zero-order valence-electron chi connectivity index (χ0n) is 16.7. The Balaban J connectivity index is -0.0000000466. The van der Waals surface area contributed by atoms with Crippen LogP contribution in [0.2, 0.25) is 0 Å². The third-order valence-corrected chi connectivity index (χ3v) is 0.566. The Bertz CT molecular complexity index is 348. The van der Waals surface area contributed by atoms with Crippen molar-refractivity contribution in [1.29, 1.82) is 5.26 Å². The third-order valence-electron chi connectivity index (χ3n) is 0.566. The minimum atomic E-state index is -1.83. The molecule has 1 heterocycles. The van der Waals surface area contributed by atoms with Crippen LogP contribution in [0.4, 0.5) is 9.59 Å². The van der Waals surface area contributed by atoms with Crippen molar-refractivity contribution >= 4 is 12.3 Å². The molecule has 0 unspecified atom stereocenters. The van der Waals surface area contributed by atoms with Gasteiger partial charge in [0.05, 0.1) is 6.07 Å². The summed E-state index contributed by atoms with van der Waals surface area (Å²) in [5, 5.41) is 35.2. The first-order valence-electron chi connectivity index (χ1n) is 7.34. The number of pyridine rings is 1. The van der Waals surface area contributed by atoms with Gasteiger partial charge in [-0.25, -0.2) is 9.59 Å². The molecule has 0 bridgehead atoms. The largest absolute Gasteiger partial charge is 0.503 e. The van der Waals surface area contributed by atoms with Crippen LogP contribution >= 0.6 is 0 Å². The Kier molecular flexibility index (Phi) is 56.4. The van der Waals surface area contributed by atoms with E-state index in [0.29, 0.717) is 0 Å². The average Bonchev–Trinajstić information content (AvgIpc) is 2.39. The molecule has 1 aromatic rings. The molecule has 0 saturated carbocycles. The summed E-state index contributed by atoms with van der Waals surface area (Å²) in [6, 6.07) is 7.47. The van der Waals surface area contributed by atoms with E-state index in [2.05, 4.69) is 46.5 Å². The molecule has 0 aliphatic heterocycles. The first kappa shape index (κ1) is 38.6. The second kappa shape index (κ2) is 38.0. The van der Waals surface area contributed by atoms with Crippen molar-refractivity contribution in [1.82, 2.24) is 11.1 Å². The van der Waals surface area contributed by atoms with Crippen molar-refractivity contribution < 1.29 is 30.0 Å². The molecule has 26 heavy (non-hydrogen) atoms. The van der Waals surface area contributed by atoms with E-state index in [1.807, 2.05) is 18.2 Å². The van der Waals surface area contributed by atoms with Gasteiger partial charge in [-0.2, -0.15) is 5.26 Å². The Morgan fingerprint density at radius 1 is 0.808 bits per heavy atom. The zero-order valence-corrected chi connectivity index (χ0v) is 16.7. The van der Waals surface area contributed by atoms with Crippen molar-refractivity contribution in [2.75, 3.05) is 0 Å². The van der Waals surface area contributed by atoms with Gasteiger partial charge in [-0.15, -0.1) is 0 Å². The summed E-state index contributed by atoms with van der Waals surface area (Å²) in [7, 11) is 0. The predicted octanol–water partition coefficient (Wildman–Crippen LogP) is 5.54. The highest BCUT2D eigenvalue weighted by molar-refractivity contribution is 5.53. The van der Waals surface area contributed by atoms with Gasteiger partial charge in [-0.05, 0) is 24.0 Å². The summed E-state index contributed by atoms with van der Waals surface area (Å²) in [5.74, 6) is 1.67. The zero-order chi connectivity index (χ0) is 21.3. The molecule has 0 fully saturated rings. The van der Waals surface area contributed by atoms with E-state index in [1.165, 1.54) is 6.92 Å². The van der Waals surface area contributed by atoms with E-state index in [4.69, 9.17) is 35.3 Å². The van der Waals surface area contributed by atoms with Gasteiger partial charge in [-0.3, -0.25) is 4.98 Å². The van der Waals surface area contributed by atoms with E-state index < -0.39 is 12.3 Å². The van der Waals surface area contributed by atoms with Gasteiger partial charge in [0.15, 0.2) is 0 Å². The molecule has 154 valence electrons. The van der Waals surface area contributed by atoms with Crippen LogP contribution in [0, 0.1) is 23.2 Å². The first-order chi connectivity index (χ1) is 11.3. The fourth-order valence-corrected chi connectivity index (χ4v) is 0.313. The van der Waals surface area contributed by atoms with Gasteiger partial charge in [0.2, 0.25) is 0 Å². The molecule has 0 amide bonds. The monoisotopic (exact) mass is 377 g/mol. The normalized spacial score (nSPS) is 6.77. The lowest BCUT2D eigenvalue weighted by molar-refractivity contribution is 0.135. The van der Waals surface area contributed by atoms with Gasteiger partial charge >= 0.3 is 12.3 Å². The molecule has 9 heteroatoms. The average molecular weight is 377 g/mol. The molecule has 0 aliphatic carbocycles. The summed E-state index contributed by atoms with van der Waals surface area (Å²) in [6.45, 7) is 14.4. The number of hydrogen-bond donors (Lipinski definition) is 5. The number of rotatable bonds is 0. The topological polar surface area (TPSA) is 187 Å². The fourth-order valence-electron chi connectivity index (χ4n) is 0.313. The molecule has 1 aromatic heterocycles. The molecule has 9 nitrogen and oxygen atoms in total. The van der Waals surface area contributed by atoms with Crippen LogP contribution in [0.25, 0.3) is 0 Å². The number of carboxylic acid groups (broad SMARTS) is 4. The fraction of sp³-hybridized carbons (Fsp3) is 0.529. The Morgan fingerprint density at radius 3 is 1.00 bits per heavy atom. The summed E-state index contributed by atoms with van der Waals surface area (Å²) in [6.07, 6.45) is -0.167. The number of hydrogen-bond acceptors (Lipinski definition) is 5. The van der Waals surface area contributed by atoms with Crippen LogP contribution in [0.15, 0.2) is 30.6 Å². The van der Waals surface area contributed by atoms with Crippen LogP contribution in [0.1, 0.15) is 48.5 Å². The highest BCUT2D eigenvalue weighted by Gasteiger charge is 1.70. The van der Waals surface area contributed by atoms with Crippen molar-refractivity contribution in [2.45, 2.75) is 48.5 Å². The summed E-state index contributed by atoms with van der Waals surface area (Å²) >= 11 is 0. The van der Waals surface area contributed by atoms with Crippen LogP contribution < -0.4 is 6.15 Å². The molecule has 7 N–H and O–H groups in total. The first-order valence-corrected chi connectivity index (χ1v) is 7.34. The SMILES string of the molecule is CC#N.CC(C)C.CC(C)C.N.O=C(O)O.O=C(O)O.c1ccncc1. The van der Waals surface area contributed by atoms with Gasteiger partial charge in [0.25, 0.3) is 0 Å². The molecule has 0 radical (unpaired) electrons. The van der Waals surface area contributed by atoms with E-state index in [-0.39, 0.29) is 6.15 Å². The van der Waals surface area contributed by atoms with E-state index in [1.54, 1.807) is 18.5 Å². The smallest absolute Gasteiger partial charge is 0.450 e. The van der Waals surface area contributed by atoms with Crippen LogP contribution in [0.5, 0.6) is 0 Å². The second-order valence-electron chi connectivity index (χ2n) is 5.28. The maximum Gasteiger partial charge on any atom is 0.503 e. The lowest BCUT2D eigenvalue weighted by Gasteiger charge is -1.79. The number of nitriles is 1. The maximum atomic E-state index is 8.56. The Hall–Kier alpha value is -2.86. The number of nitrogens with zero attached hydrogens (tertiary/aromatic N) is 2. The lowest BCUT2D eigenvalue weighted by atomic mass is 10.3. The van der Waals surface area contributed by atoms with Gasteiger partial charge in [0.1, 0.15) is 0 Å². The number of carbonyl (C=O) groups is 2. The maximum absolute atomic E-state index is 8.56. The quantitative estimate of drug-likeness (QED) is 0.386. The Labute approximate surface area is 156 Å². The molecular formula is C17H35N3O6. The predicted molar refractivity (Wildman–Crippen MR) is 103 cm³/mol.